The molecule has 8 heteroatoms. The molecule has 0 unspecified atom stereocenters. The Labute approximate surface area is 178 Å². The zero-order chi connectivity index (χ0) is 22.1. The van der Waals surface area contributed by atoms with Crippen molar-refractivity contribution in [1.29, 1.82) is 0 Å². The van der Waals surface area contributed by atoms with Crippen LogP contribution in [0.25, 0.3) is 10.9 Å². The predicted molar refractivity (Wildman–Crippen MR) is 118 cm³/mol. The highest BCUT2D eigenvalue weighted by Gasteiger charge is 2.21. The summed E-state index contributed by atoms with van der Waals surface area (Å²) < 4.78 is 1.61. The van der Waals surface area contributed by atoms with Crippen molar-refractivity contribution in [2.24, 2.45) is 0 Å². The second kappa shape index (κ2) is 7.98. The van der Waals surface area contributed by atoms with Crippen molar-refractivity contribution in [2.45, 2.75) is 27.3 Å². The largest absolute Gasteiger partial charge is 0.321 e. The van der Waals surface area contributed by atoms with E-state index in [1.165, 1.54) is 0 Å². The van der Waals surface area contributed by atoms with Gasteiger partial charge in [0.15, 0.2) is 0 Å². The number of anilines is 1. The first kappa shape index (κ1) is 20.2. The summed E-state index contributed by atoms with van der Waals surface area (Å²) in [6.07, 6.45) is 1.73. The fourth-order valence-corrected chi connectivity index (χ4v) is 3.66. The summed E-state index contributed by atoms with van der Waals surface area (Å²) in [7, 11) is 0. The van der Waals surface area contributed by atoms with Crippen molar-refractivity contribution in [2.75, 3.05) is 5.32 Å². The number of benzene rings is 2. The number of nitro groups is 1. The minimum atomic E-state index is -0.411. The van der Waals surface area contributed by atoms with Gasteiger partial charge in [0.25, 0.3) is 5.91 Å². The summed E-state index contributed by atoms with van der Waals surface area (Å²) in [5, 5.41) is 19.3. The fourth-order valence-electron chi connectivity index (χ4n) is 3.66. The Morgan fingerprint density at radius 1 is 1.10 bits per heavy atom. The van der Waals surface area contributed by atoms with Gasteiger partial charge < -0.3 is 5.32 Å². The highest BCUT2D eigenvalue weighted by molar-refractivity contribution is 6.09. The standard InChI is InChI=1S/C23H21N5O3/c1-14-6-11-20(19-5-4-12-24-21(14)19)25-23(29)18-9-7-17(8-10-18)13-27-16(3)22(28(30)31)15(2)26-27/h4-12H,13H2,1-3H3,(H,25,29). The van der Waals surface area contributed by atoms with E-state index in [4.69, 9.17) is 0 Å². The van der Waals surface area contributed by atoms with Gasteiger partial charge in [0.2, 0.25) is 0 Å². The van der Waals surface area contributed by atoms with E-state index in [-0.39, 0.29) is 11.6 Å². The number of hydrogen-bond acceptors (Lipinski definition) is 5. The van der Waals surface area contributed by atoms with Gasteiger partial charge in [-0.15, -0.1) is 0 Å². The number of fused-ring (bicyclic) bond motifs is 1. The molecule has 0 atom stereocenters. The second-order valence-electron chi connectivity index (χ2n) is 7.41. The average molecular weight is 415 g/mol. The van der Waals surface area contributed by atoms with Crippen LogP contribution >= 0.6 is 0 Å². The van der Waals surface area contributed by atoms with Crippen molar-refractivity contribution in [1.82, 2.24) is 14.8 Å². The lowest BCUT2D eigenvalue weighted by Crippen LogP contribution is -2.12. The Kier molecular flexibility index (Phi) is 5.21. The Hall–Kier alpha value is -4.07. The Balaban J connectivity index is 1.53. The van der Waals surface area contributed by atoms with Gasteiger partial charge >= 0.3 is 5.69 Å². The van der Waals surface area contributed by atoms with Crippen LogP contribution in [0.1, 0.15) is 32.9 Å². The summed E-state index contributed by atoms with van der Waals surface area (Å²) in [4.78, 5) is 27.9. The first-order valence-electron chi connectivity index (χ1n) is 9.78. The third-order valence-electron chi connectivity index (χ3n) is 5.29. The van der Waals surface area contributed by atoms with Crippen LogP contribution in [-0.2, 0) is 6.54 Å². The average Bonchev–Trinajstić information content (AvgIpc) is 3.03. The molecule has 4 rings (SSSR count). The summed E-state index contributed by atoms with van der Waals surface area (Å²) in [5.74, 6) is -0.220. The molecule has 31 heavy (non-hydrogen) atoms. The number of hydrogen-bond donors (Lipinski definition) is 1. The topological polar surface area (TPSA) is 103 Å². The third kappa shape index (κ3) is 3.87. The maximum absolute atomic E-state index is 12.8. The normalized spacial score (nSPS) is 10.9. The van der Waals surface area contributed by atoms with Gasteiger partial charge in [-0.25, -0.2) is 0 Å². The quantitative estimate of drug-likeness (QED) is 0.380. The Morgan fingerprint density at radius 2 is 1.84 bits per heavy atom. The van der Waals surface area contributed by atoms with E-state index in [9.17, 15) is 14.9 Å². The van der Waals surface area contributed by atoms with Gasteiger partial charge in [-0.05, 0) is 62.2 Å². The molecule has 0 aliphatic carbocycles. The molecule has 156 valence electrons. The molecule has 0 spiro atoms. The highest BCUT2D eigenvalue weighted by Crippen LogP contribution is 2.25. The van der Waals surface area contributed by atoms with Crippen molar-refractivity contribution >= 4 is 28.2 Å². The second-order valence-corrected chi connectivity index (χ2v) is 7.41. The minimum Gasteiger partial charge on any atom is -0.321 e. The van der Waals surface area contributed by atoms with Gasteiger partial charge in [-0.3, -0.25) is 24.6 Å². The molecule has 4 aromatic rings. The van der Waals surface area contributed by atoms with Crippen LogP contribution in [0.5, 0.6) is 0 Å². The number of pyridine rings is 1. The Morgan fingerprint density at radius 3 is 2.52 bits per heavy atom. The lowest BCUT2D eigenvalue weighted by molar-refractivity contribution is -0.386. The van der Waals surface area contributed by atoms with E-state index < -0.39 is 4.92 Å². The number of aromatic nitrogens is 3. The van der Waals surface area contributed by atoms with E-state index in [0.717, 1.165) is 22.0 Å². The molecule has 0 saturated carbocycles. The lowest BCUT2D eigenvalue weighted by Gasteiger charge is -2.10. The highest BCUT2D eigenvalue weighted by atomic mass is 16.6. The van der Waals surface area contributed by atoms with Crippen LogP contribution in [0.2, 0.25) is 0 Å². The minimum absolute atomic E-state index is 0.0378. The number of nitrogens with zero attached hydrogens (tertiary/aromatic N) is 4. The zero-order valence-corrected chi connectivity index (χ0v) is 17.4. The molecule has 2 aromatic heterocycles. The molecule has 2 heterocycles. The lowest BCUT2D eigenvalue weighted by atomic mass is 10.1. The first-order chi connectivity index (χ1) is 14.8. The van der Waals surface area contributed by atoms with Crippen molar-refractivity contribution < 1.29 is 9.72 Å². The molecular formula is C23H21N5O3. The van der Waals surface area contributed by atoms with Gasteiger partial charge in [-0.1, -0.05) is 18.2 Å². The van der Waals surface area contributed by atoms with E-state index in [1.54, 1.807) is 36.9 Å². The molecule has 1 amide bonds. The summed E-state index contributed by atoms with van der Waals surface area (Å²) >= 11 is 0. The number of rotatable bonds is 5. The van der Waals surface area contributed by atoms with E-state index in [0.29, 0.717) is 29.2 Å². The number of carbonyl (C=O) groups excluding carboxylic acids is 1. The third-order valence-corrected chi connectivity index (χ3v) is 5.29. The van der Waals surface area contributed by atoms with Gasteiger partial charge in [0.05, 0.1) is 22.7 Å². The summed E-state index contributed by atoms with van der Waals surface area (Å²) in [6.45, 7) is 5.67. The fraction of sp³-hybridized carbons (Fsp3) is 0.174. The van der Waals surface area contributed by atoms with E-state index in [1.807, 2.05) is 43.3 Å². The number of amides is 1. The van der Waals surface area contributed by atoms with Gasteiger partial charge in [0.1, 0.15) is 11.4 Å². The molecule has 8 nitrogen and oxygen atoms in total. The molecule has 0 fully saturated rings. The maximum atomic E-state index is 12.8. The zero-order valence-electron chi connectivity index (χ0n) is 17.4. The molecule has 2 aromatic carbocycles. The van der Waals surface area contributed by atoms with Crippen LogP contribution in [-0.4, -0.2) is 25.6 Å². The summed E-state index contributed by atoms with van der Waals surface area (Å²) in [5.41, 5.74) is 4.94. The Bertz CT molecular complexity index is 1310. The van der Waals surface area contributed by atoms with Crippen molar-refractivity contribution in [3.63, 3.8) is 0 Å². The predicted octanol–water partition coefficient (Wildman–Crippen LogP) is 4.57. The number of carbonyl (C=O) groups is 1. The number of aryl methyl sites for hydroxylation is 2. The molecule has 0 aliphatic rings. The van der Waals surface area contributed by atoms with Crippen molar-refractivity contribution in [3.05, 3.63) is 92.9 Å². The molecular weight excluding hydrogens is 394 g/mol. The van der Waals surface area contributed by atoms with E-state index in [2.05, 4.69) is 15.4 Å². The van der Waals surface area contributed by atoms with Crippen LogP contribution < -0.4 is 5.32 Å². The SMILES string of the molecule is Cc1nn(Cc2ccc(C(=O)Nc3ccc(C)c4ncccc34)cc2)c(C)c1[N+](=O)[O-]. The smallest absolute Gasteiger partial charge is 0.312 e. The van der Waals surface area contributed by atoms with Gasteiger partial charge in [0, 0.05) is 17.1 Å². The monoisotopic (exact) mass is 415 g/mol. The molecule has 0 bridgehead atoms. The van der Waals surface area contributed by atoms with Crippen LogP contribution in [0.3, 0.4) is 0 Å². The van der Waals surface area contributed by atoms with Crippen LogP contribution in [0.15, 0.2) is 54.7 Å². The molecule has 0 aliphatic heterocycles. The summed E-state index contributed by atoms with van der Waals surface area (Å²) in [6, 6.07) is 14.7. The molecule has 0 radical (unpaired) electrons. The van der Waals surface area contributed by atoms with Gasteiger partial charge in [-0.2, -0.15) is 5.10 Å². The maximum Gasteiger partial charge on any atom is 0.312 e. The number of nitrogens with one attached hydrogen (secondary N) is 1. The molecule has 0 saturated heterocycles. The molecule has 1 N–H and O–H groups in total. The first-order valence-corrected chi connectivity index (χ1v) is 9.78. The van der Waals surface area contributed by atoms with Crippen LogP contribution in [0.4, 0.5) is 11.4 Å². The van der Waals surface area contributed by atoms with E-state index >= 15 is 0 Å². The van der Waals surface area contributed by atoms with Crippen molar-refractivity contribution in [3.8, 4) is 0 Å². The van der Waals surface area contributed by atoms with Crippen LogP contribution in [0, 0.1) is 30.9 Å².